The average Bonchev–Trinajstić information content (AvgIpc) is 2.77. The van der Waals surface area contributed by atoms with Gasteiger partial charge in [-0.1, -0.05) is 0 Å². The largest absolute Gasteiger partial charge is 0.388 e. The lowest BCUT2D eigenvalue weighted by Gasteiger charge is -2.38. The van der Waals surface area contributed by atoms with Gasteiger partial charge in [0.25, 0.3) is 5.91 Å². The molecule has 0 aromatic heterocycles. The average molecular weight is 396 g/mol. The number of piperazine rings is 1. The fourth-order valence-corrected chi connectivity index (χ4v) is 4.21. The normalized spacial score (nSPS) is 29.7. The Bertz CT molecular complexity index is 632. The third kappa shape index (κ3) is 4.64. The molecule has 3 saturated heterocycles. The molecule has 158 valence electrons. The van der Waals surface area contributed by atoms with Gasteiger partial charge in [0, 0.05) is 45.8 Å². The molecule has 3 aliphatic rings. The number of carbonyl (C=O) groups excluding carboxylic acids is 3. The Kier molecular flexibility index (Phi) is 5.97. The van der Waals surface area contributed by atoms with Gasteiger partial charge >= 0.3 is 6.03 Å². The number of carbonyl (C=O) groups is 3. The van der Waals surface area contributed by atoms with Crippen LogP contribution < -0.4 is 5.32 Å². The second kappa shape index (κ2) is 7.96. The molecule has 9 heteroatoms. The van der Waals surface area contributed by atoms with Gasteiger partial charge in [-0.25, -0.2) is 4.79 Å². The zero-order valence-corrected chi connectivity index (χ0v) is 17.2. The van der Waals surface area contributed by atoms with Crippen LogP contribution in [0.5, 0.6) is 0 Å². The van der Waals surface area contributed by atoms with E-state index < -0.39 is 17.2 Å². The molecule has 28 heavy (non-hydrogen) atoms. The molecule has 4 amide bonds. The van der Waals surface area contributed by atoms with Crippen molar-refractivity contribution in [1.29, 1.82) is 0 Å². The molecule has 3 heterocycles. The summed E-state index contributed by atoms with van der Waals surface area (Å²) in [5.74, 6) is -0.628. The third-order valence-corrected chi connectivity index (χ3v) is 6.12. The van der Waals surface area contributed by atoms with Crippen molar-refractivity contribution in [2.45, 2.75) is 44.2 Å². The first-order valence-corrected chi connectivity index (χ1v) is 10.1. The van der Waals surface area contributed by atoms with E-state index in [9.17, 15) is 19.5 Å². The van der Waals surface area contributed by atoms with Gasteiger partial charge in [0.1, 0.15) is 12.1 Å². The van der Waals surface area contributed by atoms with Gasteiger partial charge in [0.15, 0.2) is 0 Å². The van der Waals surface area contributed by atoms with Gasteiger partial charge in [-0.2, -0.15) is 0 Å². The molecule has 3 rings (SSSR count). The van der Waals surface area contributed by atoms with E-state index in [0.29, 0.717) is 38.9 Å². The van der Waals surface area contributed by atoms with Crippen molar-refractivity contribution in [1.82, 2.24) is 24.9 Å². The van der Waals surface area contributed by atoms with Crippen LogP contribution in [0.1, 0.15) is 33.1 Å². The molecule has 0 saturated carbocycles. The minimum Gasteiger partial charge on any atom is -0.388 e. The molecule has 0 spiro atoms. The minimum atomic E-state index is -0.973. The first kappa shape index (κ1) is 21.0. The van der Waals surface area contributed by atoms with Gasteiger partial charge in [0.05, 0.1) is 5.60 Å². The van der Waals surface area contributed by atoms with Crippen molar-refractivity contribution in [3.8, 4) is 0 Å². The number of likely N-dealkylation sites (tertiary alicyclic amines) is 1. The predicted octanol–water partition coefficient (Wildman–Crippen LogP) is -0.692. The van der Waals surface area contributed by atoms with Crippen LogP contribution in [0.25, 0.3) is 0 Å². The van der Waals surface area contributed by atoms with Crippen molar-refractivity contribution >= 4 is 17.8 Å². The van der Waals surface area contributed by atoms with Gasteiger partial charge in [-0.3, -0.25) is 19.4 Å². The van der Waals surface area contributed by atoms with Crippen LogP contribution in [-0.4, -0.2) is 113 Å². The number of rotatable bonds is 4. The highest BCUT2D eigenvalue weighted by Crippen LogP contribution is 2.25. The highest BCUT2D eigenvalue weighted by atomic mass is 16.3. The number of imide groups is 1. The Hall–Kier alpha value is -1.71. The molecule has 1 unspecified atom stereocenters. The van der Waals surface area contributed by atoms with Crippen LogP contribution in [0.15, 0.2) is 0 Å². The topological polar surface area (TPSA) is 96.4 Å². The summed E-state index contributed by atoms with van der Waals surface area (Å²) in [6.07, 6.45) is 1.87. The Morgan fingerprint density at radius 1 is 1.07 bits per heavy atom. The summed E-state index contributed by atoms with van der Waals surface area (Å²) in [5.41, 5.74) is -1.77. The number of nitrogens with one attached hydrogen (secondary N) is 1. The fraction of sp³-hybridized carbons (Fsp3) is 0.842. The Balaban J connectivity index is 1.54. The van der Waals surface area contributed by atoms with Crippen LogP contribution in [0.4, 0.5) is 4.79 Å². The smallest absolute Gasteiger partial charge is 0.325 e. The third-order valence-electron chi connectivity index (χ3n) is 6.12. The summed E-state index contributed by atoms with van der Waals surface area (Å²) >= 11 is 0. The summed E-state index contributed by atoms with van der Waals surface area (Å²) in [6.45, 7) is 8.52. The van der Waals surface area contributed by atoms with Crippen LogP contribution in [-0.2, 0) is 9.59 Å². The van der Waals surface area contributed by atoms with Crippen LogP contribution >= 0.6 is 0 Å². The second-order valence-electron chi connectivity index (χ2n) is 8.98. The van der Waals surface area contributed by atoms with E-state index in [2.05, 4.69) is 22.2 Å². The van der Waals surface area contributed by atoms with E-state index in [-0.39, 0.29) is 18.4 Å². The van der Waals surface area contributed by atoms with Crippen molar-refractivity contribution in [3.63, 3.8) is 0 Å². The van der Waals surface area contributed by atoms with E-state index in [4.69, 9.17) is 0 Å². The zero-order valence-electron chi connectivity index (χ0n) is 17.2. The molecule has 2 N–H and O–H groups in total. The monoisotopic (exact) mass is 395 g/mol. The number of amides is 4. The van der Waals surface area contributed by atoms with Gasteiger partial charge in [-0.15, -0.1) is 0 Å². The van der Waals surface area contributed by atoms with Gasteiger partial charge < -0.3 is 20.2 Å². The SMILES string of the molecule is CN1CCN(CC2(O)CCCN(C(=O)CN3C(=O)NC(C)(C)C3=O)CC2)CC1. The second-order valence-corrected chi connectivity index (χ2v) is 8.98. The zero-order chi connectivity index (χ0) is 20.5. The highest BCUT2D eigenvalue weighted by molar-refractivity contribution is 6.08. The maximum Gasteiger partial charge on any atom is 0.325 e. The predicted molar refractivity (Wildman–Crippen MR) is 104 cm³/mol. The number of hydrogen-bond acceptors (Lipinski definition) is 6. The molecule has 1 atom stereocenters. The standard InChI is InChI=1S/C19H33N5O4/c1-18(2)16(26)24(17(27)20-18)13-15(25)23-7-4-5-19(28,6-8-23)14-22-11-9-21(3)10-12-22/h28H,4-14H2,1-3H3,(H,20,27). The van der Waals surface area contributed by atoms with Gasteiger partial charge in [0.2, 0.25) is 5.91 Å². The summed E-state index contributed by atoms with van der Waals surface area (Å²) in [6, 6.07) is -0.523. The maximum absolute atomic E-state index is 12.7. The fourth-order valence-electron chi connectivity index (χ4n) is 4.21. The Morgan fingerprint density at radius 3 is 2.36 bits per heavy atom. The van der Waals surface area contributed by atoms with Gasteiger partial charge in [-0.05, 0) is 40.2 Å². The molecule has 3 aliphatic heterocycles. The van der Waals surface area contributed by atoms with Crippen molar-refractivity contribution in [2.75, 3.05) is 59.4 Å². The van der Waals surface area contributed by atoms with Crippen LogP contribution in [0, 0.1) is 0 Å². The lowest BCUT2D eigenvalue weighted by Crippen LogP contribution is -2.51. The van der Waals surface area contributed by atoms with E-state index in [0.717, 1.165) is 31.1 Å². The molecule has 0 aromatic carbocycles. The van der Waals surface area contributed by atoms with Crippen molar-refractivity contribution in [2.24, 2.45) is 0 Å². The maximum atomic E-state index is 12.7. The molecule has 0 aromatic rings. The van der Waals surface area contributed by atoms with E-state index in [1.165, 1.54) is 0 Å². The van der Waals surface area contributed by atoms with E-state index in [1.54, 1.807) is 18.7 Å². The quantitative estimate of drug-likeness (QED) is 0.612. The molecule has 9 nitrogen and oxygen atoms in total. The van der Waals surface area contributed by atoms with E-state index in [1.807, 2.05) is 0 Å². The minimum absolute atomic E-state index is 0.245. The van der Waals surface area contributed by atoms with Crippen LogP contribution in [0.3, 0.4) is 0 Å². The number of likely N-dealkylation sites (N-methyl/N-ethyl adjacent to an activating group) is 1. The molecule has 0 aliphatic carbocycles. The molecular formula is C19H33N5O4. The first-order valence-electron chi connectivity index (χ1n) is 10.1. The lowest BCUT2D eigenvalue weighted by atomic mass is 9.94. The summed E-state index contributed by atoms with van der Waals surface area (Å²) in [4.78, 5) is 44.2. The summed E-state index contributed by atoms with van der Waals surface area (Å²) < 4.78 is 0. The number of hydrogen-bond donors (Lipinski definition) is 2. The number of aliphatic hydroxyl groups is 1. The summed E-state index contributed by atoms with van der Waals surface area (Å²) in [5, 5.41) is 13.7. The number of nitrogens with zero attached hydrogens (tertiary/aromatic N) is 4. The Morgan fingerprint density at radius 2 is 1.75 bits per heavy atom. The summed E-state index contributed by atoms with van der Waals surface area (Å²) in [7, 11) is 2.10. The molecule has 0 bridgehead atoms. The lowest BCUT2D eigenvalue weighted by molar-refractivity contribution is -0.138. The van der Waals surface area contributed by atoms with Crippen LogP contribution in [0.2, 0.25) is 0 Å². The number of urea groups is 1. The molecule has 3 fully saturated rings. The molecule has 0 radical (unpaired) electrons. The highest BCUT2D eigenvalue weighted by Gasteiger charge is 2.45. The Labute approximate surface area is 166 Å². The molecular weight excluding hydrogens is 362 g/mol. The van der Waals surface area contributed by atoms with Crippen molar-refractivity contribution in [3.05, 3.63) is 0 Å². The number of β-amino-alcohol motifs (C(OH)–C–C–N with tert-alkyl or cyclic N) is 1. The van der Waals surface area contributed by atoms with Crippen molar-refractivity contribution < 1.29 is 19.5 Å². The van der Waals surface area contributed by atoms with E-state index >= 15 is 0 Å². The first-order chi connectivity index (χ1) is 13.1.